The highest BCUT2D eigenvalue weighted by molar-refractivity contribution is 5.49. The number of hydrogen-bond acceptors (Lipinski definition) is 2. The summed E-state index contributed by atoms with van der Waals surface area (Å²) in [5.74, 6) is 0.792. The van der Waals surface area contributed by atoms with Gasteiger partial charge in [-0.2, -0.15) is 13.2 Å². The third-order valence-electron chi connectivity index (χ3n) is 5.37. The van der Waals surface area contributed by atoms with Crippen LogP contribution in [0.2, 0.25) is 0 Å². The van der Waals surface area contributed by atoms with Gasteiger partial charge in [-0.25, -0.2) is 0 Å². The van der Waals surface area contributed by atoms with Gasteiger partial charge in [-0.1, -0.05) is 64.0 Å². The van der Waals surface area contributed by atoms with Gasteiger partial charge in [0.15, 0.2) is 0 Å². The van der Waals surface area contributed by atoms with E-state index in [0.717, 1.165) is 42.1 Å². The molecule has 0 aliphatic rings. The molecule has 2 rings (SSSR count). The van der Waals surface area contributed by atoms with Crippen LogP contribution in [0.25, 0.3) is 0 Å². The number of benzene rings is 2. The van der Waals surface area contributed by atoms with Gasteiger partial charge in [0, 0.05) is 18.8 Å². The first-order chi connectivity index (χ1) is 14.4. The van der Waals surface area contributed by atoms with Crippen molar-refractivity contribution in [3.05, 3.63) is 59.7 Å². The molecular formula is C25H34F3NO. The van der Waals surface area contributed by atoms with E-state index in [1.807, 2.05) is 24.3 Å². The molecule has 0 aromatic heterocycles. The molecule has 0 atom stereocenters. The lowest BCUT2D eigenvalue weighted by Gasteiger charge is -2.25. The number of ether oxygens (including phenoxy) is 1. The normalized spacial score (nSPS) is 11.5. The average Bonchev–Trinajstić information content (AvgIpc) is 2.74. The Balaban J connectivity index is 1.95. The second-order valence-corrected chi connectivity index (χ2v) is 7.79. The zero-order valence-corrected chi connectivity index (χ0v) is 18.2. The van der Waals surface area contributed by atoms with Crippen LogP contribution in [0.4, 0.5) is 18.9 Å². The molecule has 0 bridgehead atoms. The largest absolute Gasteiger partial charge is 0.497 e. The average molecular weight is 422 g/mol. The molecule has 0 spiro atoms. The predicted molar refractivity (Wildman–Crippen MR) is 118 cm³/mol. The lowest BCUT2D eigenvalue weighted by Crippen LogP contribution is -2.24. The van der Waals surface area contributed by atoms with Crippen molar-refractivity contribution in [1.29, 1.82) is 0 Å². The summed E-state index contributed by atoms with van der Waals surface area (Å²) < 4.78 is 43.7. The number of hydrogen-bond donors (Lipinski definition) is 0. The number of unbranched alkanes of at least 4 members (excludes halogenated alkanes) is 7. The smallest absolute Gasteiger partial charge is 0.416 e. The lowest BCUT2D eigenvalue weighted by atomic mass is 10.1. The van der Waals surface area contributed by atoms with Crippen LogP contribution in [0.3, 0.4) is 0 Å². The highest BCUT2D eigenvalue weighted by Gasteiger charge is 2.29. The Labute approximate surface area is 179 Å². The zero-order valence-electron chi connectivity index (χ0n) is 18.2. The maximum atomic E-state index is 12.8. The SMILES string of the molecule is CCCCCCCCCCN(Cc1ccc(C(F)(F)F)cc1)c1ccc(OC)cc1. The Morgan fingerprint density at radius 2 is 1.33 bits per heavy atom. The molecule has 0 aliphatic heterocycles. The molecule has 0 saturated heterocycles. The fraction of sp³-hybridized carbons (Fsp3) is 0.520. The molecule has 2 aromatic carbocycles. The van der Waals surface area contributed by atoms with Gasteiger partial charge in [0.2, 0.25) is 0 Å². The summed E-state index contributed by atoms with van der Waals surface area (Å²) in [6.07, 6.45) is 5.67. The Morgan fingerprint density at radius 1 is 0.767 bits per heavy atom. The maximum absolute atomic E-state index is 12.8. The van der Waals surface area contributed by atoms with E-state index in [2.05, 4.69) is 11.8 Å². The van der Waals surface area contributed by atoms with Crippen molar-refractivity contribution in [2.45, 2.75) is 71.0 Å². The highest BCUT2D eigenvalue weighted by atomic mass is 19.4. The van der Waals surface area contributed by atoms with Gasteiger partial charge in [0.05, 0.1) is 12.7 Å². The number of methoxy groups -OCH3 is 1. The molecule has 0 fully saturated rings. The second-order valence-electron chi connectivity index (χ2n) is 7.79. The minimum absolute atomic E-state index is 0.584. The Kier molecular flexibility index (Phi) is 10.0. The fourth-order valence-corrected chi connectivity index (χ4v) is 3.55. The Morgan fingerprint density at radius 3 is 1.87 bits per heavy atom. The topological polar surface area (TPSA) is 12.5 Å². The number of anilines is 1. The standard InChI is InChI=1S/C25H34F3NO/c1-3-4-5-6-7-8-9-10-19-29(23-15-17-24(30-2)18-16-23)20-21-11-13-22(14-12-21)25(26,27)28/h11-18H,3-10,19-20H2,1-2H3. The number of alkyl halides is 3. The fourth-order valence-electron chi connectivity index (χ4n) is 3.55. The summed E-state index contributed by atoms with van der Waals surface area (Å²) in [7, 11) is 1.63. The third-order valence-corrected chi connectivity index (χ3v) is 5.37. The van der Waals surface area contributed by atoms with E-state index in [1.54, 1.807) is 19.2 Å². The first-order valence-electron chi connectivity index (χ1n) is 11.0. The minimum Gasteiger partial charge on any atom is -0.497 e. The zero-order chi connectivity index (χ0) is 21.8. The molecule has 0 aliphatic carbocycles. The van der Waals surface area contributed by atoms with Crippen LogP contribution < -0.4 is 9.64 Å². The van der Waals surface area contributed by atoms with E-state index in [1.165, 1.54) is 44.9 Å². The first-order valence-corrected chi connectivity index (χ1v) is 11.0. The van der Waals surface area contributed by atoms with Crippen molar-refractivity contribution in [3.63, 3.8) is 0 Å². The predicted octanol–water partition coefficient (Wildman–Crippen LogP) is 7.86. The van der Waals surface area contributed by atoms with Gasteiger partial charge in [-0.3, -0.25) is 0 Å². The van der Waals surface area contributed by atoms with Crippen molar-refractivity contribution < 1.29 is 17.9 Å². The summed E-state index contributed by atoms with van der Waals surface area (Å²) in [4.78, 5) is 2.24. The van der Waals surface area contributed by atoms with Gasteiger partial charge < -0.3 is 9.64 Å². The number of rotatable bonds is 13. The quantitative estimate of drug-likeness (QED) is 0.305. The van der Waals surface area contributed by atoms with Crippen LogP contribution in [0, 0.1) is 0 Å². The summed E-state index contributed by atoms with van der Waals surface area (Å²) in [5.41, 5.74) is 1.32. The minimum atomic E-state index is -4.30. The van der Waals surface area contributed by atoms with E-state index in [-0.39, 0.29) is 0 Å². The summed E-state index contributed by atoms with van der Waals surface area (Å²) >= 11 is 0. The van der Waals surface area contributed by atoms with Crippen LogP contribution in [0.15, 0.2) is 48.5 Å². The van der Waals surface area contributed by atoms with Crippen molar-refractivity contribution in [2.24, 2.45) is 0 Å². The third kappa shape index (κ3) is 8.29. The monoisotopic (exact) mass is 421 g/mol. The van der Waals surface area contributed by atoms with Crippen molar-refractivity contribution in [1.82, 2.24) is 0 Å². The van der Waals surface area contributed by atoms with Gasteiger partial charge in [0.25, 0.3) is 0 Å². The summed E-state index contributed by atoms with van der Waals surface area (Å²) in [6, 6.07) is 13.3. The van der Waals surface area contributed by atoms with E-state index in [9.17, 15) is 13.2 Å². The summed E-state index contributed by atoms with van der Waals surface area (Å²) in [6.45, 7) is 3.69. The Bertz CT molecular complexity index is 711. The maximum Gasteiger partial charge on any atom is 0.416 e. The van der Waals surface area contributed by atoms with Crippen molar-refractivity contribution >= 4 is 5.69 Å². The Hall–Kier alpha value is -2.17. The number of halogens is 3. The molecule has 0 N–H and O–H groups in total. The van der Waals surface area contributed by atoms with Gasteiger partial charge >= 0.3 is 6.18 Å². The van der Waals surface area contributed by atoms with E-state index >= 15 is 0 Å². The van der Waals surface area contributed by atoms with Crippen LogP contribution >= 0.6 is 0 Å². The van der Waals surface area contributed by atoms with Crippen LogP contribution in [-0.4, -0.2) is 13.7 Å². The lowest BCUT2D eigenvalue weighted by molar-refractivity contribution is -0.137. The van der Waals surface area contributed by atoms with Gasteiger partial charge in [-0.15, -0.1) is 0 Å². The van der Waals surface area contributed by atoms with Crippen LogP contribution in [0.5, 0.6) is 5.75 Å². The highest BCUT2D eigenvalue weighted by Crippen LogP contribution is 2.29. The molecule has 5 heteroatoms. The van der Waals surface area contributed by atoms with E-state index in [0.29, 0.717) is 6.54 Å². The number of nitrogens with zero attached hydrogens (tertiary/aromatic N) is 1. The van der Waals surface area contributed by atoms with Gasteiger partial charge in [-0.05, 0) is 48.4 Å². The molecule has 0 heterocycles. The summed E-state index contributed by atoms with van der Waals surface area (Å²) in [5, 5.41) is 0. The second kappa shape index (κ2) is 12.5. The molecule has 0 radical (unpaired) electrons. The van der Waals surface area contributed by atoms with E-state index < -0.39 is 11.7 Å². The molecule has 0 unspecified atom stereocenters. The molecular weight excluding hydrogens is 387 g/mol. The van der Waals surface area contributed by atoms with Crippen molar-refractivity contribution in [3.8, 4) is 5.75 Å². The van der Waals surface area contributed by atoms with Crippen LogP contribution in [-0.2, 0) is 12.7 Å². The van der Waals surface area contributed by atoms with E-state index in [4.69, 9.17) is 4.74 Å². The molecule has 2 nitrogen and oxygen atoms in total. The first kappa shape index (κ1) is 24.1. The van der Waals surface area contributed by atoms with Crippen LogP contribution in [0.1, 0.15) is 69.4 Å². The van der Waals surface area contributed by atoms with Crippen molar-refractivity contribution in [2.75, 3.05) is 18.6 Å². The molecule has 30 heavy (non-hydrogen) atoms. The molecule has 0 amide bonds. The molecule has 2 aromatic rings. The van der Waals surface area contributed by atoms with Gasteiger partial charge in [0.1, 0.15) is 5.75 Å². The molecule has 166 valence electrons. The molecule has 0 saturated carbocycles.